The molecule has 2 aromatic carbocycles. The number of aromatic nitrogens is 2. The van der Waals surface area contributed by atoms with Gasteiger partial charge >= 0.3 is 0 Å². The topological polar surface area (TPSA) is 84.5 Å². The Bertz CT molecular complexity index is 818. The highest BCUT2D eigenvalue weighted by atomic mass is 16.5. The van der Waals surface area contributed by atoms with Gasteiger partial charge in [-0.25, -0.2) is 4.98 Å². The third kappa shape index (κ3) is 2.35. The molecule has 0 spiro atoms. The number of nitrogen functional groups attached to an aromatic ring is 1. The van der Waals surface area contributed by atoms with Crippen molar-refractivity contribution in [1.29, 1.82) is 0 Å². The summed E-state index contributed by atoms with van der Waals surface area (Å²) in [6.45, 7) is 0. The van der Waals surface area contributed by atoms with Crippen LogP contribution in [-0.4, -0.2) is 29.2 Å². The summed E-state index contributed by atoms with van der Waals surface area (Å²) in [5.41, 5.74) is 7.28. The van der Waals surface area contributed by atoms with Crippen LogP contribution in [0.5, 0.6) is 11.5 Å². The van der Waals surface area contributed by atoms with E-state index < -0.39 is 0 Å². The molecule has 0 aliphatic carbocycles. The molecule has 22 heavy (non-hydrogen) atoms. The van der Waals surface area contributed by atoms with Crippen LogP contribution in [0.25, 0.3) is 10.9 Å². The summed E-state index contributed by atoms with van der Waals surface area (Å²) in [5, 5.41) is 10.7. The number of ether oxygens (including phenoxy) is 1. The summed E-state index contributed by atoms with van der Waals surface area (Å²) in [4.78, 5) is 10.3. The van der Waals surface area contributed by atoms with Crippen LogP contribution in [0.3, 0.4) is 0 Å². The molecule has 3 aromatic rings. The molecule has 0 saturated carbocycles. The molecule has 6 heteroatoms. The molecule has 0 aliphatic heterocycles. The quantitative estimate of drug-likeness (QED) is 0.773. The van der Waals surface area contributed by atoms with Crippen LogP contribution in [-0.2, 0) is 0 Å². The second-order valence-corrected chi connectivity index (χ2v) is 4.83. The fourth-order valence-corrected chi connectivity index (χ4v) is 2.33. The molecular weight excluding hydrogens is 280 g/mol. The molecule has 0 unspecified atom stereocenters. The Balaban J connectivity index is 2.15. The van der Waals surface area contributed by atoms with Crippen molar-refractivity contribution in [3.05, 3.63) is 42.5 Å². The Morgan fingerprint density at radius 1 is 1.09 bits per heavy atom. The van der Waals surface area contributed by atoms with Crippen LogP contribution in [0.4, 0.5) is 17.5 Å². The number of aromatic hydroxyl groups is 1. The Labute approximate surface area is 127 Å². The Kier molecular flexibility index (Phi) is 3.42. The zero-order chi connectivity index (χ0) is 15.7. The van der Waals surface area contributed by atoms with Crippen molar-refractivity contribution >= 4 is 28.4 Å². The first-order valence-corrected chi connectivity index (χ1v) is 6.73. The Morgan fingerprint density at radius 3 is 2.50 bits per heavy atom. The number of anilines is 3. The number of hydrogen-bond donors (Lipinski definition) is 2. The molecule has 0 amide bonds. The van der Waals surface area contributed by atoms with Crippen molar-refractivity contribution < 1.29 is 9.84 Å². The third-order valence-corrected chi connectivity index (χ3v) is 3.48. The zero-order valence-electron chi connectivity index (χ0n) is 12.3. The van der Waals surface area contributed by atoms with Crippen molar-refractivity contribution in [3.63, 3.8) is 0 Å². The highest BCUT2D eigenvalue weighted by molar-refractivity contribution is 5.96. The largest absolute Gasteiger partial charge is 0.507 e. The predicted octanol–water partition coefficient (Wildman–Crippen LogP) is 2.69. The maximum Gasteiger partial charge on any atom is 0.222 e. The molecule has 1 heterocycles. The lowest BCUT2D eigenvalue weighted by Crippen LogP contribution is -2.13. The van der Waals surface area contributed by atoms with Gasteiger partial charge in [-0.15, -0.1) is 0 Å². The van der Waals surface area contributed by atoms with Gasteiger partial charge in [0.25, 0.3) is 0 Å². The highest BCUT2D eigenvalue weighted by Gasteiger charge is 2.15. The summed E-state index contributed by atoms with van der Waals surface area (Å²) in [6.07, 6.45) is 0. The third-order valence-electron chi connectivity index (χ3n) is 3.48. The average molecular weight is 296 g/mol. The molecule has 6 nitrogen and oxygen atoms in total. The van der Waals surface area contributed by atoms with Crippen LogP contribution >= 0.6 is 0 Å². The minimum Gasteiger partial charge on any atom is -0.507 e. The van der Waals surface area contributed by atoms with Crippen LogP contribution < -0.4 is 15.4 Å². The zero-order valence-corrected chi connectivity index (χ0v) is 12.3. The van der Waals surface area contributed by atoms with E-state index in [2.05, 4.69) is 9.97 Å². The van der Waals surface area contributed by atoms with Crippen molar-refractivity contribution in [2.75, 3.05) is 24.8 Å². The lowest BCUT2D eigenvalue weighted by Gasteiger charge is -2.20. The molecule has 0 fully saturated rings. The molecule has 0 saturated heterocycles. The van der Waals surface area contributed by atoms with E-state index in [0.717, 1.165) is 11.4 Å². The monoisotopic (exact) mass is 296 g/mol. The van der Waals surface area contributed by atoms with E-state index in [9.17, 15) is 5.11 Å². The Morgan fingerprint density at radius 2 is 1.82 bits per heavy atom. The standard InChI is InChI=1S/C16H16N4O2/c1-20(10-6-8-11(22-2)9-7-10)15-14-12(18-16(17)19-15)4-3-5-13(14)21/h3-9,21H,1-2H3,(H2,17,18,19). The fourth-order valence-electron chi connectivity index (χ4n) is 2.33. The normalized spacial score (nSPS) is 10.6. The molecule has 0 radical (unpaired) electrons. The molecule has 0 bridgehead atoms. The number of nitrogens with two attached hydrogens (primary N) is 1. The second-order valence-electron chi connectivity index (χ2n) is 4.83. The van der Waals surface area contributed by atoms with Crippen molar-refractivity contribution in [2.45, 2.75) is 0 Å². The number of rotatable bonds is 3. The first-order valence-electron chi connectivity index (χ1n) is 6.73. The van der Waals surface area contributed by atoms with Crippen LogP contribution in [0.1, 0.15) is 0 Å². The molecule has 112 valence electrons. The summed E-state index contributed by atoms with van der Waals surface area (Å²) in [5.74, 6) is 1.60. The van der Waals surface area contributed by atoms with E-state index in [0.29, 0.717) is 16.7 Å². The van der Waals surface area contributed by atoms with Gasteiger partial charge < -0.3 is 20.5 Å². The molecule has 3 N–H and O–H groups in total. The van der Waals surface area contributed by atoms with Gasteiger partial charge in [0.2, 0.25) is 5.95 Å². The molecule has 0 atom stereocenters. The van der Waals surface area contributed by atoms with Crippen LogP contribution in [0.15, 0.2) is 42.5 Å². The second kappa shape index (κ2) is 5.40. The minimum atomic E-state index is 0.118. The summed E-state index contributed by atoms with van der Waals surface area (Å²) >= 11 is 0. The van der Waals surface area contributed by atoms with Crippen molar-refractivity contribution in [2.24, 2.45) is 0 Å². The van der Waals surface area contributed by atoms with Crippen LogP contribution in [0, 0.1) is 0 Å². The number of methoxy groups -OCH3 is 1. The van der Waals surface area contributed by atoms with E-state index >= 15 is 0 Å². The first kappa shape index (κ1) is 13.9. The number of nitrogens with zero attached hydrogens (tertiary/aromatic N) is 3. The van der Waals surface area contributed by atoms with Crippen molar-refractivity contribution in [1.82, 2.24) is 9.97 Å². The van der Waals surface area contributed by atoms with Crippen LogP contribution in [0.2, 0.25) is 0 Å². The van der Waals surface area contributed by atoms with Gasteiger partial charge in [-0.1, -0.05) is 6.07 Å². The number of phenolic OH excluding ortho intramolecular Hbond substituents is 1. The number of hydrogen-bond acceptors (Lipinski definition) is 6. The van der Waals surface area contributed by atoms with E-state index in [1.807, 2.05) is 36.2 Å². The molecular formula is C16H16N4O2. The molecule has 0 aliphatic rings. The van der Waals surface area contributed by atoms with Gasteiger partial charge in [-0.2, -0.15) is 4.98 Å². The predicted molar refractivity (Wildman–Crippen MR) is 86.7 cm³/mol. The van der Waals surface area contributed by atoms with Gasteiger partial charge in [0.15, 0.2) is 0 Å². The average Bonchev–Trinajstić information content (AvgIpc) is 2.53. The van der Waals surface area contributed by atoms with Gasteiger partial charge in [0.1, 0.15) is 17.3 Å². The maximum absolute atomic E-state index is 10.2. The lowest BCUT2D eigenvalue weighted by molar-refractivity contribution is 0.415. The summed E-state index contributed by atoms with van der Waals surface area (Å²) < 4.78 is 5.16. The van der Waals surface area contributed by atoms with E-state index in [1.54, 1.807) is 25.3 Å². The van der Waals surface area contributed by atoms with E-state index in [1.165, 1.54) is 0 Å². The SMILES string of the molecule is COc1ccc(N(C)c2nc(N)nc3cccc(O)c23)cc1. The number of fused-ring (bicyclic) bond motifs is 1. The fraction of sp³-hybridized carbons (Fsp3) is 0.125. The summed E-state index contributed by atoms with van der Waals surface area (Å²) in [7, 11) is 3.48. The number of phenols is 1. The van der Waals surface area contributed by atoms with Crippen molar-refractivity contribution in [3.8, 4) is 11.5 Å². The smallest absolute Gasteiger partial charge is 0.222 e. The Hall–Kier alpha value is -3.02. The highest BCUT2D eigenvalue weighted by Crippen LogP contribution is 2.35. The van der Waals surface area contributed by atoms with Gasteiger partial charge in [0, 0.05) is 12.7 Å². The van der Waals surface area contributed by atoms with E-state index in [-0.39, 0.29) is 11.7 Å². The van der Waals surface area contributed by atoms with Gasteiger partial charge in [-0.3, -0.25) is 0 Å². The summed E-state index contributed by atoms with van der Waals surface area (Å²) in [6, 6.07) is 12.6. The minimum absolute atomic E-state index is 0.118. The molecule has 1 aromatic heterocycles. The maximum atomic E-state index is 10.2. The molecule has 3 rings (SSSR count). The van der Waals surface area contributed by atoms with Gasteiger partial charge in [-0.05, 0) is 36.4 Å². The first-order chi connectivity index (χ1) is 10.6. The van der Waals surface area contributed by atoms with Gasteiger partial charge in [0.05, 0.1) is 18.0 Å². The lowest BCUT2D eigenvalue weighted by atomic mass is 10.2. The van der Waals surface area contributed by atoms with E-state index in [4.69, 9.17) is 10.5 Å². The number of benzene rings is 2.